The normalized spacial score (nSPS) is 13.3. The molecule has 1 aliphatic carbocycles. The van der Waals surface area contributed by atoms with Crippen LogP contribution in [0.2, 0.25) is 0 Å². The van der Waals surface area contributed by atoms with Crippen molar-refractivity contribution in [3.63, 3.8) is 0 Å². The predicted molar refractivity (Wildman–Crippen MR) is 70.8 cm³/mol. The highest BCUT2D eigenvalue weighted by Crippen LogP contribution is 2.28. The number of nitrogens with zero attached hydrogens (tertiary/aromatic N) is 2. The number of hydrogen-bond donors (Lipinski definition) is 1. The van der Waals surface area contributed by atoms with E-state index in [4.69, 9.17) is 5.11 Å². The third-order valence-corrected chi connectivity index (χ3v) is 3.50. The molecule has 1 aromatic heterocycles. The second-order valence-electron chi connectivity index (χ2n) is 4.80. The first-order valence-corrected chi connectivity index (χ1v) is 6.37. The Morgan fingerprint density at radius 3 is 2.95 bits per heavy atom. The van der Waals surface area contributed by atoms with E-state index in [2.05, 4.69) is 22.1 Å². The summed E-state index contributed by atoms with van der Waals surface area (Å²) in [6.07, 6.45) is 6.44. The van der Waals surface area contributed by atoms with E-state index in [9.17, 15) is 4.79 Å². The molecule has 4 nitrogen and oxygen atoms in total. The minimum atomic E-state index is -0.864. The molecule has 0 amide bonds. The number of rotatable bonds is 3. The van der Waals surface area contributed by atoms with Gasteiger partial charge in [-0.1, -0.05) is 12.1 Å². The summed E-state index contributed by atoms with van der Waals surface area (Å²) in [5.41, 5.74) is 5.13. The Kier molecular flexibility index (Phi) is 2.99. The van der Waals surface area contributed by atoms with Gasteiger partial charge in [-0.15, -0.1) is 0 Å². The molecule has 2 aromatic rings. The molecule has 1 N–H and O–H groups in total. The molecule has 1 aromatic carbocycles. The topological polar surface area (TPSA) is 63.1 Å². The smallest absolute Gasteiger partial charge is 0.307 e. The van der Waals surface area contributed by atoms with Crippen molar-refractivity contribution in [2.75, 3.05) is 0 Å². The molecule has 19 heavy (non-hydrogen) atoms. The van der Waals surface area contributed by atoms with Crippen LogP contribution in [0.3, 0.4) is 0 Å². The molecule has 4 heteroatoms. The van der Waals surface area contributed by atoms with Gasteiger partial charge in [-0.25, -0.2) is 9.97 Å². The summed E-state index contributed by atoms with van der Waals surface area (Å²) < 4.78 is 0. The van der Waals surface area contributed by atoms with Crippen LogP contribution in [0.1, 0.15) is 23.1 Å². The van der Waals surface area contributed by atoms with E-state index in [1.54, 1.807) is 6.20 Å². The summed E-state index contributed by atoms with van der Waals surface area (Å²) in [7, 11) is 0. The first-order chi connectivity index (χ1) is 9.24. The molecule has 0 spiro atoms. The molecule has 0 fully saturated rings. The summed E-state index contributed by atoms with van der Waals surface area (Å²) in [5.74, 6) is -0.864. The summed E-state index contributed by atoms with van der Waals surface area (Å²) in [4.78, 5) is 19.1. The van der Waals surface area contributed by atoms with Gasteiger partial charge in [0.25, 0.3) is 0 Å². The number of fused-ring (bicyclic) bond motifs is 1. The van der Waals surface area contributed by atoms with Gasteiger partial charge in [-0.2, -0.15) is 0 Å². The number of aliphatic carboxylic acids is 1. The van der Waals surface area contributed by atoms with Crippen molar-refractivity contribution in [1.82, 2.24) is 9.97 Å². The van der Waals surface area contributed by atoms with Gasteiger partial charge in [0.05, 0.1) is 12.1 Å². The highest BCUT2D eigenvalue weighted by atomic mass is 16.4. The maximum atomic E-state index is 10.9. The third kappa shape index (κ3) is 2.34. The molecule has 0 aliphatic heterocycles. The molecule has 0 unspecified atom stereocenters. The summed E-state index contributed by atoms with van der Waals surface area (Å²) in [6.45, 7) is 0. The van der Waals surface area contributed by atoms with Crippen molar-refractivity contribution < 1.29 is 9.90 Å². The standard InChI is InChI=1S/C15H14N2O2/c18-14(19)7-13-8-16-9-17-15(13)12-5-4-10-2-1-3-11(10)6-12/h4-6,8-9H,1-3,7H2,(H,18,19). The largest absolute Gasteiger partial charge is 0.481 e. The van der Waals surface area contributed by atoms with E-state index in [-0.39, 0.29) is 6.42 Å². The Morgan fingerprint density at radius 2 is 2.11 bits per heavy atom. The Bertz CT molecular complexity index is 638. The Labute approximate surface area is 111 Å². The zero-order valence-corrected chi connectivity index (χ0v) is 10.5. The Morgan fingerprint density at radius 1 is 1.26 bits per heavy atom. The number of aryl methyl sites for hydroxylation is 2. The van der Waals surface area contributed by atoms with Crippen LogP contribution < -0.4 is 0 Å². The Balaban J connectivity index is 2.04. The van der Waals surface area contributed by atoms with Crippen LogP contribution in [-0.4, -0.2) is 21.0 Å². The summed E-state index contributed by atoms with van der Waals surface area (Å²) in [6, 6.07) is 6.29. The van der Waals surface area contributed by atoms with E-state index in [1.165, 1.54) is 23.9 Å². The van der Waals surface area contributed by atoms with Gasteiger partial charge >= 0.3 is 5.97 Å². The second-order valence-corrected chi connectivity index (χ2v) is 4.80. The van der Waals surface area contributed by atoms with Crippen molar-refractivity contribution in [1.29, 1.82) is 0 Å². The summed E-state index contributed by atoms with van der Waals surface area (Å²) >= 11 is 0. The molecule has 3 rings (SSSR count). The fourth-order valence-electron chi connectivity index (χ4n) is 2.63. The van der Waals surface area contributed by atoms with Crippen molar-refractivity contribution in [3.8, 4) is 11.3 Å². The molecule has 0 atom stereocenters. The molecule has 0 saturated carbocycles. The molecule has 0 radical (unpaired) electrons. The van der Waals surface area contributed by atoms with Crippen LogP contribution in [-0.2, 0) is 24.1 Å². The summed E-state index contributed by atoms with van der Waals surface area (Å²) in [5, 5.41) is 8.94. The average Bonchev–Trinajstić information content (AvgIpc) is 2.86. The van der Waals surface area contributed by atoms with Crippen LogP contribution in [0.15, 0.2) is 30.7 Å². The van der Waals surface area contributed by atoms with Gasteiger partial charge in [-0.3, -0.25) is 4.79 Å². The zero-order chi connectivity index (χ0) is 13.2. The molecular weight excluding hydrogens is 240 g/mol. The lowest BCUT2D eigenvalue weighted by molar-refractivity contribution is -0.136. The fraction of sp³-hybridized carbons (Fsp3) is 0.267. The highest BCUT2D eigenvalue weighted by molar-refractivity contribution is 5.75. The average molecular weight is 254 g/mol. The number of aromatic nitrogens is 2. The molecule has 96 valence electrons. The van der Waals surface area contributed by atoms with Crippen LogP contribution in [0.4, 0.5) is 0 Å². The Hall–Kier alpha value is -2.23. The van der Waals surface area contributed by atoms with Crippen molar-refractivity contribution in [3.05, 3.63) is 47.4 Å². The number of carbonyl (C=O) groups is 1. The zero-order valence-electron chi connectivity index (χ0n) is 10.5. The molecular formula is C15H14N2O2. The number of carboxylic acid groups (broad SMARTS) is 1. The first kappa shape index (κ1) is 11.8. The fourth-order valence-corrected chi connectivity index (χ4v) is 2.63. The van der Waals surface area contributed by atoms with Crippen molar-refractivity contribution in [2.24, 2.45) is 0 Å². The van der Waals surface area contributed by atoms with E-state index in [0.29, 0.717) is 5.56 Å². The molecule has 0 saturated heterocycles. The van der Waals surface area contributed by atoms with Gasteiger partial charge in [0.15, 0.2) is 0 Å². The van der Waals surface area contributed by atoms with Crippen molar-refractivity contribution in [2.45, 2.75) is 25.7 Å². The number of carboxylic acids is 1. The third-order valence-electron chi connectivity index (χ3n) is 3.50. The lowest BCUT2D eigenvalue weighted by atomic mass is 10.0. The van der Waals surface area contributed by atoms with Gasteiger partial charge < -0.3 is 5.11 Å². The predicted octanol–water partition coefficient (Wildman–Crippen LogP) is 2.26. The lowest BCUT2D eigenvalue weighted by Gasteiger charge is -2.08. The maximum Gasteiger partial charge on any atom is 0.307 e. The van der Waals surface area contributed by atoms with E-state index < -0.39 is 5.97 Å². The lowest BCUT2D eigenvalue weighted by Crippen LogP contribution is -2.04. The monoisotopic (exact) mass is 254 g/mol. The van der Waals surface area contributed by atoms with Gasteiger partial charge in [0.1, 0.15) is 6.33 Å². The minimum Gasteiger partial charge on any atom is -0.481 e. The van der Waals surface area contributed by atoms with Crippen LogP contribution in [0.5, 0.6) is 0 Å². The highest BCUT2D eigenvalue weighted by Gasteiger charge is 2.14. The van der Waals surface area contributed by atoms with Crippen LogP contribution >= 0.6 is 0 Å². The van der Waals surface area contributed by atoms with Crippen molar-refractivity contribution >= 4 is 5.97 Å². The quantitative estimate of drug-likeness (QED) is 0.912. The van der Waals surface area contributed by atoms with Crippen LogP contribution in [0.25, 0.3) is 11.3 Å². The van der Waals surface area contributed by atoms with E-state index >= 15 is 0 Å². The SMILES string of the molecule is O=C(O)Cc1cncnc1-c1ccc2c(c1)CCC2. The van der Waals surface area contributed by atoms with Gasteiger partial charge in [0.2, 0.25) is 0 Å². The van der Waals surface area contributed by atoms with Crippen LogP contribution in [0, 0.1) is 0 Å². The molecule has 0 bridgehead atoms. The van der Waals surface area contributed by atoms with E-state index in [0.717, 1.165) is 24.1 Å². The molecule has 1 aliphatic rings. The van der Waals surface area contributed by atoms with Gasteiger partial charge in [0, 0.05) is 17.3 Å². The first-order valence-electron chi connectivity index (χ1n) is 6.37. The minimum absolute atomic E-state index is 0.0484. The maximum absolute atomic E-state index is 10.9. The molecule has 1 heterocycles. The number of benzene rings is 1. The van der Waals surface area contributed by atoms with E-state index in [1.807, 2.05) is 6.07 Å². The number of hydrogen-bond acceptors (Lipinski definition) is 3. The van der Waals surface area contributed by atoms with Gasteiger partial charge in [-0.05, 0) is 36.5 Å². The second kappa shape index (κ2) is 4.80.